The predicted octanol–water partition coefficient (Wildman–Crippen LogP) is 1.61. The van der Waals surface area contributed by atoms with Crippen molar-refractivity contribution in [3.8, 4) is 0 Å². The van der Waals surface area contributed by atoms with E-state index in [1.165, 1.54) is 0 Å². The van der Waals surface area contributed by atoms with Gasteiger partial charge in [0, 0.05) is 13.0 Å². The Labute approximate surface area is 117 Å². The molecule has 1 heterocycles. The van der Waals surface area contributed by atoms with Crippen molar-refractivity contribution in [2.75, 3.05) is 11.4 Å². The highest BCUT2D eigenvalue weighted by Gasteiger charge is 2.38. The molecule has 1 atom stereocenters. The lowest BCUT2D eigenvalue weighted by atomic mass is 10.1. The van der Waals surface area contributed by atoms with Crippen molar-refractivity contribution in [3.05, 3.63) is 28.5 Å². The zero-order chi connectivity index (χ0) is 15.0. The summed E-state index contributed by atoms with van der Waals surface area (Å²) in [5, 5.41) is 17.7. The molecule has 0 spiro atoms. The number of hydrogen-bond acceptors (Lipinski definition) is 3. The molecule has 1 aliphatic rings. The maximum absolute atomic E-state index is 13.9. The molecule has 1 aromatic carbocycles. The molecule has 8 heteroatoms. The van der Waals surface area contributed by atoms with Gasteiger partial charge in [0.15, 0.2) is 0 Å². The SMILES string of the molecule is O=C(O)c1c(Cl)ccc(F)c1N1CC(C(=O)O)CC1=O. The minimum atomic E-state index is -1.49. The van der Waals surface area contributed by atoms with Crippen molar-refractivity contribution in [3.63, 3.8) is 0 Å². The summed E-state index contributed by atoms with van der Waals surface area (Å²) in [6, 6.07) is 2.00. The summed E-state index contributed by atoms with van der Waals surface area (Å²) in [6.45, 7) is -0.286. The summed E-state index contributed by atoms with van der Waals surface area (Å²) >= 11 is 5.72. The summed E-state index contributed by atoms with van der Waals surface area (Å²) in [4.78, 5) is 34.7. The van der Waals surface area contributed by atoms with Gasteiger partial charge in [-0.05, 0) is 12.1 Å². The molecule has 2 N–H and O–H groups in total. The largest absolute Gasteiger partial charge is 0.481 e. The third kappa shape index (κ3) is 2.32. The van der Waals surface area contributed by atoms with E-state index in [2.05, 4.69) is 0 Å². The van der Waals surface area contributed by atoms with Crippen LogP contribution in [0.5, 0.6) is 0 Å². The normalized spacial score (nSPS) is 18.4. The molecule has 2 rings (SSSR count). The van der Waals surface area contributed by atoms with Crippen molar-refractivity contribution in [1.82, 2.24) is 0 Å². The molecule has 1 fully saturated rings. The van der Waals surface area contributed by atoms with Gasteiger partial charge >= 0.3 is 11.9 Å². The number of carbonyl (C=O) groups is 3. The van der Waals surface area contributed by atoms with Crippen LogP contribution in [-0.4, -0.2) is 34.6 Å². The van der Waals surface area contributed by atoms with Gasteiger partial charge in [-0.25, -0.2) is 9.18 Å². The lowest BCUT2D eigenvalue weighted by Crippen LogP contribution is -2.28. The van der Waals surface area contributed by atoms with E-state index in [-0.39, 0.29) is 18.0 Å². The van der Waals surface area contributed by atoms with Crippen molar-refractivity contribution >= 4 is 35.1 Å². The number of benzene rings is 1. The third-order valence-electron chi connectivity index (χ3n) is 3.04. The van der Waals surface area contributed by atoms with Gasteiger partial charge in [0.2, 0.25) is 5.91 Å². The van der Waals surface area contributed by atoms with Crippen molar-refractivity contribution in [2.45, 2.75) is 6.42 Å². The van der Waals surface area contributed by atoms with Crippen LogP contribution in [0, 0.1) is 11.7 Å². The van der Waals surface area contributed by atoms with E-state index in [0.29, 0.717) is 0 Å². The maximum Gasteiger partial charge on any atom is 0.339 e. The number of carbonyl (C=O) groups excluding carboxylic acids is 1. The second-order valence-electron chi connectivity index (χ2n) is 4.30. The van der Waals surface area contributed by atoms with E-state index >= 15 is 0 Å². The minimum Gasteiger partial charge on any atom is -0.481 e. The second kappa shape index (κ2) is 5.09. The fraction of sp³-hybridized carbons (Fsp3) is 0.250. The summed E-state index contributed by atoms with van der Waals surface area (Å²) in [5.74, 6) is -5.27. The lowest BCUT2D eigenvalue weighted by molar-refractivity contribution is -0.141. The Morgan fingerprint density at radius 2 is 2.00 bits per heavy atom. The lowest BCUT2D eigenvalue weighted by Gasteiger charge is -2.19. The number of aromatic carboxylic acids is 1. The Bertz CT molecular complexity index is 618. The molecule has 1 saturated heterocycles. The Morgan fingerprint density at radius 3 is 2.50 bits per heavy atom. The summed E-state index contributed by atoms with van der Waals surface area (Å²) in [5.41, 5.74) is -1.04. The number of amides is 1. The van der Waals surface area contributed by atoms with Crippen LogP contribution >= 0.6 is 11.6 Å². The molecule has 0 saturated carbocycles. The Hall–Kier alpha value is -2.15. The van der Waals surface area contributed by atoms with Crippen LogP contribution in [0.3, 0.4) is 0 Å². The number of anilines is 1. The molecule has 6 nitrogen and oxygen atoms in total. The molecule has 0 aromatic heterocycles. The van der Waals surface area contributed by atoms with Gasteiger partial charge in [0.1, 0.15) is 11.4 Å². The highest BCUT2D eigenvalue weighted by atomic mass is 35.5. The summed E-state index contributed by atoms with van der Waals surface area (Å²) in [7, 11) is 0. The van der Waals surface area contributed by atoms with Gasteiger partial charge in [-0.15, -0.1) is 0 Å². The Balaban J connectivity index is 2.53. The highest BCUT2D eigenvalue weighted by Crippen LogP contribution is 2.34. The molecule has 20 heavy (non-hydrogen) atoms. The molecule has 0 radical (unpaired) electrons. The molecule has 0 aliphatic carbocycles. The van der Waals surface area contributed by atoms with E-state index in [0.717, 1.165) is 17.0 Å². The van der Waals surface area contributed by atoms with Crippen molar-refractivity contribution in [1.29, 1.82) is 0 Å². The van der Waals surface area contributed by atoms with Gasteiger partial charge in [0.25, 0.3) is 0 Å². The number of carboxylic acid groups (broad SMARTS) is 2. The van der Waals surface area contributed by atoms with Gasteiger partial charge in [0.05, 0.1) is 16.6 Å². The van der Waals surface area contributed by atoms with Gasteiger partial charge in [-0.1, -0.05) is 11.6 Å². The average Bonchev–Trinajstić information content (AvgIpc) is 2.73. The van der Waals surface area contributed by atoms with Crippen LogP contribution in [-0.2, 0) is 9.59 Å². The molecule has 1 unspecified atom stereocenters. The van der Waals surface area contributed by atoms with E-state index < -0.39 is 40.8 Å². The van der Waals surface area contributed by atoms with Crippen molar-refractivity contribution in [2.24, 2.45) is 5.92 Å². The molecular weight excluding hydrogens is 293 g/mol. The molecular formula is C12H9ClFNO5. The fourth-order valence-corrected chi connectivity index (χ4v) is 2.33. The highest BCUT2D eigenvalue weighted by molar-refractivity contribution is 6.34. The van der Waals surface area contributed by atoms with Crippen LogP contribution in [0.25, 0.3) is 0 Å². The zero-order valence-electron chi connectivity index (χ0n) is 9.97. The van der Waals surface area contributed by atoms with Crippen LogP contribution in [0.15, 0.2) is 12.1 Å². The van der Waals surface area contributed by atoms with Crippen molar-refractivity contribution < 1.29 is 29.0 Å². The number of hydrogen-bond donors (Lipinski definition) is 2. The van der Waals surface area contributed by atoms with Crippen LogP contribution in [0.1, 0.15) is 16.8 Å². The first-order valence-electron chi connectivity index (χ1n) is 5.57. The van der Waals surface area contributed by atoms with Gasteiger partial charge < -0.3 is 15.1 Å². The standard InChI is InChI=1S/C12H9ClFNO5/c13-6-1-2-7(14)10(9(6)12(19)20)15-4-5(11(17)18)3-8(15)16/h1-2,5H,3-4H2,(H,17,18)(H,19,20). The average molecular weight is 302 g/mol. The first-order valence-corrected chi connectivity index (χ1v) is 5.95. The number of halogens is 2. The van der Waals surface area contributed by atoms with Gasteiger partial charge in [-0.2, -0.15) is 0 Å². The maximum atomic E-state index is 13.9. The topological polar surface area (TPSA) is 94.9 Å². The molecule has 106 valence electrons. The van der Waals surface area contributed by atoms with Crippen LogP contribution in [0.4, 0.5) is 10.1 Å². The van der Waals surface area contributed by atoms with E-state index in [1.54, 1.807) is 0 Å². The van der Waals surface area contributed by atoms with Gasteiger partial charge in [-0.3, -0.25) is 9.59 Å². The summed E-state index contributed by atoms with van der Waals surface area (Å²) < 4.78 is 13.9. The first-order chi connectivity index (χ1) is 9.32. The number of aliphatic carboxylic acids is 1. The number of carboxylic acids is 2. The smallest absolute Gasteiger partial charge is 0.339 e. The predicted molar refractivity (Wildman–Crippen MR) is 66.5 cm³/mol. The Kier molecular flexibility index (Phi) is 3.63. The first kappa shape index (κ1) is 14.3. The minimum absolute atomic E-state index is 0.222. The quantitative estimate of drug-likeness (QED) is 0.884. The van der Waals surface area contributed by atoms with E-state index in [1.807, 2.05) is 0 Å². The molecule has 1 aliphatic heterocycles. The number of nitrogens with zero attached hydrogens (tertiary/aromatic N) is 1. The van der Waals surface area contributed by atoms with E-state index in [4.69, 9.17) is 21.8 Å². The third-order valence-corrected chi connectivity index (χ3v) is 3.35. The van der Waals surface area contributed by atoms with Crippen LogP contribution < -0.4 is 4.90 Å². The summed E-state index contributed by atoms with van der Waals surface area (Å²) in [6.07, 6.45) is -0.305. The molecule has 1 aromatic rings. The monoisotopic (exact) mass is 301 g/mol. The zero-order valence-corrected chi connectivity index (χ0v) is 10.7. The molecule has 0 bridgehead atoms. The van der Waals surface area contributed by atoms with E-state index in [9.17, 15) is 18.8 Å². The Morgan fingerprint density at radius 1 is 1.35 bits per heavy atom. The van der Waals surface area contributed by atoms with Crippen LogP contribution in [0.2, 0.25) is 5.02 Å². The molecule has 1 amide bonds. The number of rotatable bonds is 3. The fourth-order valence-electron chi connectivity index (χ4n) is 2.10. The second-order valence-corrected chi connectivity index (χ2v) is 4.71.